The Labute approximate surface area is 209 Å². The largest absolute Gasteiger partial charge is 0.492 e. The van der Waals surface area contributed by atoms with E-state index < -0.39 is 6.61 Å². The number of anilines is 1. The molecule has 0 aromatic heterocycles. The summed E-state index contributed by atoms with van der Waals surface area (Å²) < 4.78 is 35.7. The Morgan fingerprint density at radius 2 is 2.00 bits per heavy atom. The molecule has 180 valence electrons. The SMILES string of the molecule is CCNC(=NCc1cc(C)ccc1OC(F)F)NCCOc1ccc2c(c1)CCC(=O)N2.I. The number of aliphatic imine (C=N–C) groups is 1. The van der Waals surface area contributed by atoms with E-state index in [-0.39, 0.29) is 42.2 Å². The van der Waals surface area contributed by atoms with Gasteiger partial charge in [0.15, 0.2) is 5.96 Å². The molecule has 33 heavy (non-hydrogen) atoms. The highest BCUT2D eigenvalue weighted by atomic mass is 127. The molecule has 0 fully saturated rings. The number of nitrogens with zero attached hydrogens (tertiary/aromatic N) is 1. The average Bonchev–Trinajstić information content (AvgIpc) is 2.76. The van der Waals surface area contributed by atoms with Gasteiger partial charge in [-0.25, -0.2) is 4.99 Å². The fourth-order valence-corrected chi connectivity index (χ4v) is 3.34. The Balaban J connectivity index is 0.00000385. The monoisotopic (exact) mass is 574 g/mol. The lowest BCUT2D eigenvalue weighted by atomic mass is 10.0. The molecule has 0 radical (unpaired) electrons. The highest BCUT2D eigenvalue weighted by Crippen LogP contribution is 2.26. The van der Waals surface area contributed by atoms with Crippen molar-refractivity contribution in [3.8, 4) is 11.5 Å². The molecule has 0 unspecified atom stereocenters. The minimum atomic E-state index is -2.89. The molecule has 1 heterocycles. The number of benzene rings is 2. The van der Waals surface area contributed by atoms with Crippen LogP contribution in [0.5, 0.6) is 11.5 Å². The number of carbonyl (C=O) groups is 1. The van der Waals surface area contributed by atoms with Gasteiger partial charge in [-0.1, -0.05) is 17.7 Å². The average molecular weight is 574 g/mol. The van der Waals surface area contributed by atoms with Gasteiger partial charge in [0, 0.05) is 24.2 Å². The van der Waals surface area contributed by atoms with Crippen LogP contribution in [0.25, 0.3) is 0 Å². The Morgan fingerprint density at radius 1 is 1.18 bits per heavy atom. The lowest BCUT2D eigenvalue weighted by molar-refractivity contribution is -0.116. The number of aryl methyl sites for hydroxylation is 2. The maximum atomic E-state index is 12.7. The van der Waals surface area contributed by atoms with Gasteiger partial charge < -0.3 is 25.4 Å². The number of hydrogen-bond acceptors (Lipinski definition) is 4. The Bertz CT molecular complexity index is 973. The second-order valence-corrected chi connectivity index (χ2v) is 7.33. The molecule has 0 atom stereocenters. The normalized spacial score (nSPS) is 13.0. The smallest absolute Gasteiger partial charge is 0.387 e. The van der Waals surface area contributed by atoms with Crippen molar-refractivity contribution in [1.82, 2.24) is 10.6 Å². The molecule has 1 aliphatic rings. The van der Waals surface area contributed by atoms with Gasteiger partial charge in [0.05, 0.1) is 13.1 Å². The molecule has 2 aromatic rings. The maximum Gasteiger partial charge on any atom is 0.387 e. The number of guanidine groups is 1. The van der Waals surface area contributed by atoms with Gasteiger partial charge in [-0.05, 0) is 50.1 Å². The quantitative estimate of drug-likeness (QED) is 0.181. The van der Waals surface area contributed by atoms with E-state index in [4.69, 9.17) is 4.74 Å². The fourth-order valence-electron chi connectivity index (χ4n) is 3.34. The second kappa shape index (κ2) is 13.2. The van der Waals surface area contributed by atoms with Crippen LogP contribution in [-0.4, -0.2) is 38.2 Å². The minimum absolute atomic E-state index is 0. The lowest BCUT2D eigenvalue weighted by Gasteiger charge is -2.18. The third-order valence-electron chi connectivity index (χ3n) is 4.82. The molecule has 1 aliphatic heterocycles. The molecule has 1 amide bonds. The van der Waals surface area contributed by atoms with E-state index in [9.17, 15) is 13.6 Å². The predicted molar refractivity (Wildman–Crippen MR) is 135 cm³/mol. The van der Waals surface area contributed by atoms with Crippen LogP contribution in [0, 0.1) is 6.92 Å². The number of amides is 1. The number of rotatable bonds is 9. The van der Waals surface area contributed by atoms with Crippen LogP contribution in [0.1, 0.15) is 30.0 Å². The molecule has 0 saturated carbocycles. The van der Waals surface area contributed by atoms with Crippen molar-refractivity contribution in [2.45, 2.75) is 39.8 Å². The molecule has 0 spiro atoms. The Kier molecular flexibility index (Phi) is 10.6. The van der Waals surface area contributed by atoms with E-state index in [1.54, 1.807) is 12.1 Å². The first-order valence-corrected chi connectivity index (χ1v) is 10.6. The zero-order valence-corrected chi connectivity index (χ0v) is 21.0. The van der Waals surface area contributed by atoms with E-state index in [0.717, 1.165) is 22.6 Å². The summed E-state index contributed by atoms with van der Waals surface area (Å²) in [5.74, 6) is 1.44. The number of ether oxygens (including phenoxy) is 2. The van der Waals surface area contributed by atoms with Crippen molar-refractivity contribution in [3.05, 3.63) is 53.1 Å². The van der Waals surface area contributed by atoms with Crippen LogP contribution >= 0.6 is 24.0 Å². The van der Waals surface area contributed by atoms with Crippen molar-refractivity contribution in [2.75, 3.05) is 25.0 Å². The third-order valence-corrected chi connectivity index (χ3v) is 4.82. The van der Waals surface area contributed by atoms with Crippen molar-refractivity contribution < 1.29 is 23.0 Å². The molecule has 2 aromatic carbocycles. The summed E-state index contributed by atoms with van der Waals surface area (Å²) >= 11 is 0. The summed E-state index contributed by atoms with van der Waals surface area (Å²) in [7, 11) is 0. The van der Waals surface area contributed by atoms with Crippen LogP contribution < -0.4 is 25.4 Å². The highest BCUT2D eigenvalue weighted by molar-refractivity contribution is 14.0. The molecule has 3 rings (SSSR count). The fraction of sp³-hybridized carbons (Fsp3) is 0.391. The Hall–Kier alpha value is -2.63. The predicted octanol–water partition coefficient (Wildman–Crippen LogP) is 4.23. The van der Waals surface area contributed by atoms with Gasteiger partial charge in [-0.15, -0.1) is 24.0 Å². The van der Waals surface area contributed by atoms with Crippen molar-refractivity contribution in [1.29, 1.82) is 0 Å². The summed E-state index contributed by atoms with van der Waals surface area (Å²) in [5.41, 5.74) is 3.41. The number of halogens is 3. The van der Waals surface area contributed by atoms with E-state index in [1.807, 2.05) is 32.0 Å². The summed E-state index contributed by atoms with van der Waals surface area (Å²) in [6.07, 6.45) is 1.18. The summed E-state index contributed by atoms with van der Waals surface area (Å²) in [6, 6.07) is 10.7. The molecule has 3 N–H and O–H groups in total. The topological polar surface area (TPSA) is 84.0 Å². The maximum absolute atomic E-state index is 12.7. The molecular formula is C23H29F2IN4O3. The summed E-state index contributed by atoms with van der Waals surface area (Å²) in [6.45, 7) is 2.68. The molecule has 7 nitrogen and oxygen atoms in total. The first-order chi connectivity index (χ1) is 15.4. The lowest BCUT2D eigenvalue weighted by Crippen LogP contribution is -2.39. The zero-order valence-electron chi connectivity index (χ0n) is 18.6. The van der Waals surface area contributed by atoms with E-state index in [0.29, 0.717) is 44.1 Å². The first kappa shape index (κ1) is 26.6. The second-order valence-electron chi connectivity index (χ2n) is 7.33. The number of alkyl halides is 2. The number of carbonyl (C=O) groups excluding carboxylic acids is 1. The molecular weight excluding hydrogens is 545 g/mol. The van der Waals surface area contributed by atoms with Crippen LogP contribution in [-0.2, 0) is 17.8 Å². The Morgan fingerprint density at radius 3 is 2.76 bits per heavy atom. The molecule has 0 saturated heterocycles. The van der Waals surface area contributed by atoms with E-state index in [2.05, 4.69) is 25.7 Å². The summed E-state index contributed by atoms with van der Waals surface area (Å²) in [5, 5.41) is 9.14. The number of fused-ring (bicyclic) bond motifs is 1. The van der Waals surface area contributed by atoms with Crippen molar-refractivity contribution in [2.24, 2.45) is 4.99 Å². The summed E-state index contributed by atoms with van der Waals surface area (Å²) in [4.78, 5) is 15.9. The van der Waals surface area contributed by atoms with Gasteiger partial charge in [-0.3, -0.25) is 4.79 Å². The molecule has 0 aliphatic carbocycles. The first-order valence-electron chi connectivity index (χ1n) is 10.6. The van der Waals surface area contributed by atoms with E-state index in [1.165, 1.54) is 6.07 Å². The van der Waals surface area contributed by atoms with Gasteiger partial charge in [0.1, 0.15) is 18.1 Å². The number of nitrogens with one attached hydrogen (secondary N) is 3. The zero-order chi connectivity index (χ0) is 22.9. The minimum Gasteiger partial charge on any atom is -0.492 e. The van der Waals surface area contributed by atoms with Gasteiger partial charge in [0.25, 0.3) is 0 Å². The molecule has 0 bridgehead atoms. The van der Waals surface area contributed by atoms with Gasteiger partial charge in [0.2, 0.25) is 5.91 Å². The van der Waals surface area contributed by atoms with Crippen LogP contribution in [0.3, 0.4) is 0 Å². The van der Waals surface area contributed by atoms with Gasteiger partial charge in [-0.2, -0.15) is 8.78 Å². The van der Waals surface area contributed by atoms with Gasteiger partial charge >= 0.3 is 6.61 Å². The standard InChI is InChI=1S/C23H28F2N4O3.HI/c1-3-26-23(28-14-17-12-15(2)4-8-20(17)32-22(24)25)27-10-11-31-18-6-7-19-16(13-18)5-9-21(30)29-19;/h4,6-8,12-13,22H,3,5,9-11,14H2,1-2H3,(H,29,30)(H2,26,27,28);1H. The van der Waals surface area contributed by atoms with Crippen LogP contribution in [0.15, 0.2) is 41.4 Å². The third kappa shape index (κ3) is 8.34. The van der Waals surface area contributed by atoms with Crippen LogP contribution in [0.4, 0.5) is 14.5 Å². The van der Waals surface area contributed by atoms with Crippen LogP contribution in [0.2, 0.25) is 0 Å². The highest BCUT2D eigenvalue weighted by Gasteiger charge is 2.15. The molecule has 10 heteroatoms. The number of hydrogen-bond donors (Lipinski definition) is 3. The van der Waals surface area contributed by atoms with Crippen molar-refractivity contribution in [3.63, 3.8) is 0 Å². The van der Waals surface area contributed by atoms with E-state index >= 15 is 0 Å². The van der Waals surface area contributed by atoms with Crippen molar-refractivity contribution >= 4 is 41.5 Å².